The number of rotatable bonds is 7. The average Bonchev–Trinajstić information content (AvgIpc) is 3.03. The Morgan fingerprint density at radius 3 is 2.55 bits per heavy atom. The van der Waals surface area contributed by atoms with Crippen molar-refractivity contribution in [3.63, 3.8) is 0 Å². The van der Waals surface area contributed by atoms with Gasteiger partial charge >= 0.3 is 12.1 Å². The Morgan fingerprint density at radius 1 is 1.00 bits per heavy atom. The summed E-state index contributed by atoms with van der Waals surface area (Å²) in [7, 11) is 1.71. The van der Waals surface area contributed by atoms with Crippen LogP contribution < -0.4 is 19.3 Å². The van der Waals surface area contributed by atoms with Crippen LogP contribution in [-0.4, -0.2) is 96.5 Å². The Hall–Kier alpha value is -3.79. The molecule has 3 aliphatic rings. The molecule has 2 saturated heterocycles. The number of methoxy groups -OCH3 is 1. The van der Waals surface area contributed by atoms with Crippen molar-refractivity contribution >= 4 is 28.4 Å². The lowest BCUT2D eigenvalue weighted by atomic mass is 9.84. The molecule has 1 atom stereocenters. The first kappa shape index (κ1) is 30.2. The number of likely N-dealkylation sites (tertiary alicyclic amines) is 1. The van der Waals surface area contributed by atoms with E-state index in [2.05, 4.69) is 71.9 Å². The van der Waals surface area contributed by atoms with Gasteiger partial charge in [0.2, 0.25) is 0 Å². The lowest BCUT2D eigenvalue weighted by Gasteiger charge is -2.47. The number of anilines is 2. The summed E-state index contributed by atoms with van der Waals surface area (Å²) in [5.41, 5.74) is 3.01. The Balaban J connectivity index is 1.33. The second kappa shape index (κ2) is 12.7. The molecule has 10 nitrogen and oxygen atoms in total. The number of aromatic nitrogens is 2. The summed E-state index contributed by atoms with van der Waals surface area (Å²) in [5, 5.41) is 12.3. The summed E-state index contributed by atoms with van der Waals surface area (Å²) in [6, 6.07) is 12.8. The van der Waals surface area contributed by atoms with Crippen LogP contribution in [0.15, 0.2) is 36.4 Å². The molecule has 1 aromatic heterocycles. The molecular formula is C34H46N6O4. The maximum Gasteiger partial charge on any atom is 0.407 e. The van der Waals surface area contributed by atoms with Crippen LogP contribution in [0.2, 0.25) is 0 Å². The van der Waals surface area contributed by atoms with Crippen molar-refractivity contribution in [1.82, 2.24) is 19.8 Å². The summed E-state index contributed by atoms with van der Waals surface area (Å²) < 4.78 is 11.9. The van der Waals surface area contributed by atoms with Crippen molar-refractivity contribution in [1.29, 1.82) is 0 Å². The van der Waals surface area contributed by atoms with Crippen molar-refractivity contribution < 1.29 is 19.4 Å². The van der Waals surface area contributed by atoms with Crippen LogP contribution in [0.1, 0.15) is 51.3 Å². The maximum absolute atomic E-state index is 12.1. The Labute approximate surface area is 260 Å². The van der Waals surface area contributed by atoms with Gasteiger partial charge in [-0.3, -0.25) is 4.90 Å². The van der Waals surface area contributed by atoms with E-state index in [0.717, 1.165) is 66.5 Å². The smallest absolute Gasteiger partial charge is 0.407 e. The van der Waals surface area contributed by atoms with Gasteiger partial charge < -0.3 is 29.3 Å². The molecule has 3 aromatic rings. The molecule has 3 aliphatic heterocycles. The zero-order chi connectivity index (χ0) is 30.8. The molecule has 0 aliphatic carbocycles. The molecule has 2 fully saturated rings. The van der Waals surface area contributed by atoms with Crippen molar-refractivity contribution in [2.75, 3.05) is 69.3 Å². The summed E-state index contributed by atoms with van der Waals surface area (Å²) in [5.74, 6) is 1.72. The number of hydrogen-bond acceptors (Lipinski definition) is 8. The lowest BCUT2D eigenvalue weighted by Crippen LogP contribution is -2.60. The second-order valence-electron chi connectivity index (χ2n) is 13.3. The first-order valence-electron chi connectivity index (χ1n) is 16.0. The van der Waals surface area contributed by atoms with Crippen LogP contribution in [0.25, 0.3) is 10.8 Å². The van der Waals surface area contributed by atoms with Crippen LogP contribution in [0, 0.1) is 5.41 Å². The summed E-state index contributed by atoms with van der Waals surface area (Å²) in [6.45, 7) is 13.0. The molecule has 1 unspecified atom stereocenters. The highest BCUT2D eigenvalue weighted by molar-refractivity contribution is 5.95. The third-order valence-electron chi connectivity index (χ3n) is 9.43. The molecule has 0 saturated carbocycles. The minimum atomic E-state index is -0.864. The van der Waals surface area contributed by atoms with Gasteiger partial charge in [0.05, 0.1) is 25.4 Å². The Bertz CT molecular complexity index is 1480. The van der Waals surface area contributed by atoms with Gasteiger partial charge in [-0.05, 0) is 49.2 Å². The molecule has 0 bridgehead atoms. The zero-order valence-electron chi connectivity index (χ0n) is 26.6. The predicted molar refractivity (Wildman–Crippen MR) is 173 cm³/mol. The highest BCUT2D eigenvalue weighted by Crippen LogP contribution is 2.38. The molecule has 1 amide bonds. The van der Waals surface area contributed by atoms with E-state index in [0.29, 0.717) is 38.8 Å². The third kappa shape index (κ3) is 6.36. The monoisotopic (exact) mass is 602 g/mol. The van der Waals surface area contributed by atoms with E-state index < -0.39 is 6.09 Å². The van der Waals surface area contributed by atoms with E-state index in [9.17, 15) is 9.90 Å². The molecule has 44 heavy (non-hydrogen) atoms. The van der Waals surface area contributed by atoms with E-state index >= 15 is 0 Å². The molecular weight excluding hydrogens is 556 g/mol. The SMILES string of the molecule is COc1cc(N2CCc3c(nc(OCCN4CCCCC4)nc3N3CCN(C(=O)O)C(C(C)(C)C)C3)C2)c2ccccc2c1. The van der Waals surface area contributed by atoms with Crippen LogP contribution in [0.4, 0.5) is 16.3 Å². The van der Waals surface area contributed by atoms with E-state index in [1.807, 2.05) is 0 Å². The van der Waals surface area contributed by atoms with Gasteiger partial charge in [-0.1, -0.05) is 51.5 Å². The molecule has 4 heterocycles. The van der Waals surface area contributed by atoms with Crippen LogP contribution >= 0.6 is 0 Å². The van der Waals surface area contributed by atoms with Gasteiger partial charge in [0.1, 0.15) is 18.2 Å². The van der Waals surface area contributed by atoms with E-state index in [4.69, 9.17) is 19.4 Å². The van der Waals surface area contributed by atoms with Crippen LogP contribution in [0.3, 0.4) is 0 Å². The number of carboxylic acid groups (broad SMARTS) is 1. The number of piperidine rings is 1. The molecule has 0 radical (unpaired) electrons. The van der Waals surface area contributed by atoms with E-state index in [1.165, 1.54) is 24.6 Å². The third-order valence-corrected chi connectivity index (χ3v) is 9.43. The second-order valence-corrected chi connectivity index (χ2v) is 13.3. The molecule has 236 valence electrons. The first-order valence-corrected chi connectivity index (χ1v) is 16.0. The number of benzene rings is 2. The number of ether oxygens (including phenoxy) is 2. The van der Waals surface area contributed by atoms with Crippen LogP contribution in [-0.2, 0) is 13.0 Å². The molecule has 6 rings (SSSR count). The molecule has 10 heteroatoms. The van der Waals surface area contributed by atoms with Crippen molar-refractivity contribution in [3.8, 4) is 11.8 Å². The topological polar surface area (TPSA) is 94.5 Å². The molecule has 1 N–H and O–H groups in total. The van der Waals surface area contributed by atoms with Gasteiger partial charge in [-0.15, -0.1) is 0 Å². The molecule has 2 aromatic carbocycles. The average molecular weight is 603 g/mol. The summed E-state index contributed by atoms with van der Waals surface area (Å²) in [6.07, 6.45) is 3.70. The fraction of sp³-hybridized carbons (Fsp3) is 0.559. The minimum absolute atomic E-state index is 0.161. The standard InChI is InChI=1S/C34H46N6O4/c1-34(2,3)30-23-39(16-17-40(30)33(41)42)31-27-12-15-38(29-21-25(43-4)20-24-10-6-7-11-26(24)29)22-28(27)35-32(36-31)44-19-18-37-13-8-5-9-14-37/h6-7,10-11,20-21,30H,5,8-9,12-19,22-23H2,1-4H3,(H,41,42). The number of fused-ring (bicyclic) bond motifs is 2. The minimum Gasteiger partial charge on any atom is -0.497 e. The lowest BCUT2D eigenvalue weighted by molar-refractivity contribution is 0.0746. The number of carbonyl (C=O) groups is 1. The fourth-order valence-electron chi connectivity index (χ4n) is 6.96. The van der Waals surface area contributed by atoms with Gasteiger partial charge in [0.15, 0.2) is 0 Å². The van der Waals surface area contributed by atoms with Crippen molar-refractivity contribution in [3.05, 3.63) is 47.7 Å². The van der Waals surface area contributed by atoms with Crippen LogP contribution in [0.5, 0.6) is 11.8 Å². The number of hydrogen-bond donors (Lipinski definition) is 1. The highest BCUT2D eigenvalue weighted by atomic mass is 16.5. The zero-order valence-corrected chi connectivity index (χ0v) is 26.6. The van der Waals surface area contributed by atoms with Gasteiger partial charge in [-0.2, -0.15) is 9.97 Å². The van der Waals surface area contributed by atoms with E-state index in [1.54, 1.807) is 12.0 Å². The van der Waals surface area contributed by atoms with Crippen molar-refractivity contribution in [2.24, 2.45) is 5.41 Å². The highest BCUT2D eigenvalue weighted by Gasteiger charge is 2.39. The number of nitrogens with zero attached hydrogens (tertiary/aromatic N) is 6. The van der Waals surface area contributed by atoms with Gasteiger partial charge in [0, 0.05) is 55.4 Å². The summed E-state index contributed by atoms with van der Waals surface area (Å²) >= 11 is 0. The Kier molecular flexibility index (Phi) is 8.71. The summed E-state index contributed by atoms with van der Waals surface area (Å²) in [4.78, 5) is 30.9. The maximum atomic E-state index is 12.1. The quantitative estimate of drug-likeness (QED) is 0.388. The fourth-order valence-corrected chi connectivity index (χ4v) is 6.96. The molecule has 0 spiro atoms. The number of amides is 1. The normalized spacial score (nSPS) is 19.6. The largest absolute Gasteiger partial charge is 0.497 e. The Morgan fingerprint density at radius 2 is 1.80 bits per heavy atom. The van der Waals surface area contributed by atoms with Gasteiger partial charge in [0.25, 0.3) is 0 Å². The van der Waals surface area contributed by atoms with Crippen molar-refractivity contribution in [2.45, 2.75) is 59.0 Å². The number of piperazine rings is 1. The first-order chi connectivity index (χ1) is 21.2. The van der Waals surface area contributed by atoms with E-state index in [-0.39, 0.29) is 11.5 Å². The predicted octanol–water partition coefficient (Wildman–Crippen LogP) is 5.28. The van der Waals surface area contributed by atoms with Gasteiger partial charge in [-0.25, -0.2) is 4.79 Å².